The number of nitrogens with one attached hydrogen (secondary N) is 2. The molecule has 0 aliphatic carbocycles. The zero-order chi connectivity index (χ0) is 21.9. The van der Waals surface area contributed by atoms with Gasteiger partial charge in [-0.05, 0) is 49.1 Å². The molecule has 2 N–H and O–H groups in total. The number of ether oxygens (including phenoxy) is 2. The summed E-state index contributed by atoms with van der Waals surface area (Å²) in [4.78, 5) is 7.24. The fourth-order valence-corrected chi connectivity index (χ4v) is 3.75. The Morgan fingerprint density at radius 2 is 1.91 bits per heavy atom. The third-order valence-corrected chi connectivity index (χ3v) is 5.35. The van der Waals surface area contributed by atoms with Gasteiger partial charge in [0.1, 0.15) is 5.75 Å². The second-order valence-electron chi connectivity index (χ2n) is 7.96. The maximum absolute atomic E-state index is 5.65. The lowest BCUT2D eigenvalue weighted by Gasteiger charge is -2.31. The zero-order valence-corrected chi connectivity index (χ0v) is 21.8. The van der Waals surface area contributed by atoms with Gasteiger partial charge in [0, 0.05) is 32.7 Å². The van der Waals surface area contributed by atoms with E-state index in [1.807, 2.05) is 12.1 Å². The number of rotatable bonds is 9. The summed E-state index contributed by atoms with van der Waals surface area (Å²) in [6.45, 7) is 10.3. The molecule has 1 heterocycles. The normalized spacial score (nSPS) is 16.8. The van der Waals surface area contributed by atoms with Crippen molar-refractivity contribution in [3.8, 4) is 5.75 Å². The molecule has 176 valence electrons. The van der Waals surface area contributed by atoms with E-state index in [4.69, 9.17) is 14.5 Å². The molecular weight excluding hydrogens is 515 g/mol. The van der Waals surface area contributed by atoms with Crippen molar-refractivity contribution < 1.29 is 9.47 Å². The standard InChI is InChI=1S/C25H36N4O2.HI/c1-4-26-25(27-13-12-21-8-10-24(30-3)11-9-21)28-17-22-6-5-7-23(16-22)19-29-14-15-31-20(2)18-29;/h5-11,16,20H,4,12-15,17-19H2,1-3H3,(H2,26,27,28);1H. The first-order valence-electron chi connectivity index (χ1n) is 11.2. The molecular formula is C25H37IN4O2. The van der Waals surface area contributed by atoms with Crippen molar-refractivity contribution >= 4 is 29.9 Å². The number of hydrogen-bond acceptors (Lipinski definition) is 4. The number of nitrogens with zero attached hydrogens (tertiary/aromatic N) is 2. The van der Waals surface area contributed by atoms with Gasteiger partial charge < -0.3 is 20.1 Å². The van der Waals surface area contributed by atoms with Gasteiger partial charge in [0.15, 0.2) is 5.96 Å². The van der Waals surface area contributed by atoms with E-state index < -0.39 is 0 Å². The summed E-state index contributed by atoms with van der Waals surface area (Å²) in [5, 5.41) is 6.78. The molecule has 6 nitrogen and oxygen atoms in total. The highest BCUT2D eigenvalue weighted by Crippen LogP contribution is 2.13. The number of benzene rings is 2. The van der Waals surface area contributed by atoms with Crippen molar-refractivity contribution in [2.75, 3.05) is 39.9 Å². The Labute approximate surface area is 209 Å². The molecule has 0 saturated carbocycles. The first-order chi connectivity index (χ1) is 15.2. The summed E-state index contributed by atoms with van der Waals surface area (Å²) in [6, 6.07) is 17.0. The minimum Gasteiger partial charge on any atom is -0.497 e. The molecule has 3 rings (SSSR count). The van der Waals surface area contributed by atoms with Crippen molar-refractivity contribution in [1.82, 2.24) is 15.5 Å². The Balaban J connectivity index is 0.00000363. The molecule has 1 saturated heterocycles. The quantitative estimate of drug-likeness (QED) is 0.282. The number of methoxy groups -OCH3 is 1. The average molecular weight is 553 g/mol. The van der Waals surface area contributed by atoms with E-state index in [0.29, 0.717) is 12.6 Å². The second-order valence-corrected chi connectivity index (χ2v) is 7.96. The predicted molar refractivity (Wildman–Crippen MR) is 142 cm³/mol. The van der Waals surface area contributed by atoms with Crippen LogP contribution < -0.4 is 15.4 Å². The SMILES string of the molecule is CCNC(=NCc1cccc(CN2CCOC(C)C2)c1)NCCc1ccc(OC)cc1.I. The Morgan fingerprint density at radius 3 is 2.62 bits per heavy atom. The van der Waals surface area contributed by atoms with Gasteiger partial charge in [-0.3, -0.25) is 4.90 Å². The summed E-state index contributed by atoms with van der Waals surface area (Å²) in [7, 11) is 1.69. The lowest BCUT2D eigenvalue weighted by molar-refractivity contribution is -0.0212. The minimum absolute atomic E-state index is 0. The Kier molecular flexibility index (Phi) is 11.8. The van der Waals surface area contributed by atoms with Crippen LogP contribution in [0.15, 0.2) is 53.5 Å². The summed E-state index contributed by atoms with van der Waals surface area (Å²) in [5.74, 6) is 1.74. The van der Waals surface area contributed by atoms with E-state index in [9.17, 15) is 0 Å². The van der Waals surface area contributed by atoms with Gasteiger partial charge in [-0.2, -0.15) is 0 Å². The van der Waals surface area contributed by atoms with Gasteiger partial charge in [-0.25, -0.2) is 4.99 Å². The van der Waals surface area contributed by atoms with E-state index in [0.717, 1.165) is 57.5 Å². The minimum atomic E-state index is 0. The summed E-state index contributed by atoms with van der Waals surface area (Å²) < 4.78 is 10.9. The first-order valence-corrected chi connectivity index (χ1v) is 11.2. The number of guanidine groups is 1. The van der Waals surface area contributed by atoms with Crippen molar-refractivity contribution in [3.05, 3.63) is 65.2 Å². The van der Waals surface area contributed by atoms with Gasteiger partial charge in [0.25, 0.3) is 0 Å². The molecule has 0 bridgehead atoms. The van der Waals surface area contributed by atoms with Crippen molar-refractivity contribution in [3.63, 3.8) is 0 Å². The van der Waals surface area contributed by atoms with Gasteiger partial charge in [0.05, 0.1) is 26.4 Å². The zero-order valence-electron chi connectivity index (χ0n) is 19.5. The molecule has 0 amide bonds. The predicted octanol–water partition coefficient (Wildman–Crippen LogP) is 3.83. The van der Waals surface area contributed by atoms with Crippen LogP contribution in [0, 0.1) is 0 Å². The van der Waals surface area contributed by atoms with Gasteiger partial charge >= 0.3 is 0 Å². The van der Waals surface area contributed by atoms with Crippen LogP contribution in [-0.4, -0.2) is 56.9 Å². The summed E-state index contributed by atoms with van der Waals surface area (Å²) >= 11 is 0. The fraction of sp³-hybridized carbons (Fsp3) is 0.480. The average Bonchev–Trinajstić information content (AvgIpc) is 2.78. The van der Waals surface area contributed by atoms with Crippen LogP contribution in [0.1, 0.15) is 30.5 Å². The van der Waals surface area contributed by atoms with Crippen LogP contribution in [0.5, 0.6) is 5.75 Å². The van der Waals surface area contributed by atoms with E-state index >= 15 is 0 Å². The molecule has 1 unspecified atom stereocenters. The lowest BCUT2D eigenvalue weighted by atomic mass is 10.1. The Hall–Kier alpha value is -1.84. The van der Waals surface area contributed by atoms with Crippen LogP contribution in [0.25, 0.3) is 0 Å². The van der Waals surface area contributed by atoms with E-state index in [-0.39, 0.29) is 24.0 Å². The number of aliphatic imine (C=N–C) groups is 1. The van der Waals surface area contributed by atoms with Crippen molar-refractivity contribution in [2.45, 2.75) is 39.5 Å². The van der Waals surface area contributed by atoms with Crippen LogP contribution in [0.3, 0.4) is 0 Å². The van der Waals surface area contributed by atoms with Crippen molar-refractivity contribution in [1.29, 1.82) is 0 Å². The highest BCUT2D eigenvalue weighted by atomic mass is 127. The molecule has 1 aliphatic rings. The Bertz CT molecular complexity index is 829. The smallest absolute Gasteiger partial charge is 0.191 e. The van der Waals surface area contributed by atoms with E-state index in [1.54, 1.807) is 7.11 Å². The summed E-state index contributed by atoms with van der Waals surface area (Å²) in [5.41, 5.74) is 3.83. The van der Waals surface area contributed by atoms with Gasteiger partial charge in [0.2, 0.25) is 0 Å². The molecule has 0 radical (unpaired) electrons. The van der Waals surface area contributed by atoms with E-state index in [1.165, 1.54) is 16.7 Å². The molecule has 1 fully saturated rings. The highest BCUT2D eigenvalue weighted by Gasteiger charge is 2.16. The molecule has 7 heteroatoms. The molecule has 2 aromatic rings. The van der Waals surface area contributed by atoms with Crippen LogP contribution >= 0.6 is 24.0 Å². The first kappa shape index (κ1) is 26.4. The third-order valence-electron chi connectivity index (χ3n) is 5.35. The molecule has 1 aliphatic heterocycles. The van der Waals surface area contributed by atoms with Crippen molar-refractivity contribution in [2.24, 2.45) is 4.99 Å². The lowest BCUT2D eigenvalue weighted by Crippen LogP contribution is -2.40. The monoisotopic (exact) mass is 552 g/mol. The molecule has 0 aromatic heterocycles. The molecule has 2 aromatic carbocycles. The highest BCUT2D eigenvalue weighted by molar-refractivity contribution is 14.0. The van der Waals surface area contributed by atoms with Crippen LogP contribution in [0.2, 0.25) is 0 Å². The summed E-state index contributed by atoms with van der Waals surface area (Å²) in [6.07, 6.45) is 1.25. The molecule has 32 heavy (non-hydrogen) atoms. The topological polar surface area (TPSA) is 58.1 Å². The number of morpholine rings is 1. The van der Waals surface area contributed by atoms with Crippen LogP contribution in [0.4, 0.5) is 0 Å². The van der Waals surface area contributed by atoms with E-state index in [2.05, 4.69) is 65.8 Å². The maximum atomic E-state index is 5.65. The van der Waals surface area contributed by atoms with Gasteiger partial charge in [-0.1, -0.05) is 36.4 Å². The maximum Gasteiger partial charge on any atom is 0.191 e. The number of halogens is 1. The number of hydrogen-bond donors (Lipinski definition) is 2. The molecule has 1 atom stereocenters. The fourth-order valence-electron chi connectivity index (χ4n) is 3.75. The van der Waals surface area contributed by atoms with Crippen LogP contribution in [-0.2, 0) is 24.2 Å². The molecule has 0 spiro atoms. The second kappa shape index (κ2) is 14.3. The van der Waals surface area contributed by atoms with Gasteiger partial charge in [-0.15, -0.1) is 24.0 Å². The largest absolute Gasteiger partial charge is 0.497 e. The Morgan fingerprint density at radius 1 is 1.12 bits per heavy atom. The third kappa shape index (κ3) is 8.96.